The molecule has 0 atom stereocenters. The van der Waals surface area contributed by atoms with Crippen LogP contribution in [0.2, 0.25) is 0 Å². The molecule has 1 heteroatoms. The highest BCUT2D eigenvalue weighted by molar-refractivity contribution is 6.03. The minimum Gasteiger partial charge on any atom is -0.392 e. The van der Waals surface area contributed by atoms with Crippen molar-refractivity contribution in [2.75, 3.05) is 0 Å². The van der Waals surface area contributed by atoms with Crippen molar-refractivity contribution in [3.05, 3.63) is 71.3 Å². The predicted molar refractivity (Wildman–Crippen MR) is 78.1 cm³/mol. The van der Waals surface area contributed by atoms with Crippen molar-refractivity contribution in [2.45, 2.75) is 13.0 Å². The Morgan fingerprint density at radius 2 is 1.63 bits per heavy atom. The molecule has 1 nitrogen and oxygen atoms in total. The van der Waals surface area contributed by atoms with E-state index in [1.165, 1.54) is 33.0 Å². The lowest BCUT2D eigenvalue weighted by Crippen LogP contribution is -2.02. The van der Waals surface area contributed by atoms with Crippen molar-refractivity contribution in [2.24, 2.45) is 0 Å². The molecule has 0 bridgehead atoms. The monoisotopic (exact) mass is 246 g/mol. The van der Waals surface area contributed by atoms with Gasteiger partial charge in [0.25, 0.3) is 0 Å². The summed E-state index contributed by atoms with van der Waals surface area (Å²) in [6.07, 6.45) is 0.982. The Morgan fingerprint density at radius 3 is 2.53 bits per heavy atom. The fourth-order valence-corrected chi connectivity index (χ4v) is 3.19. The Bertz CT molecular complexity index is 787. The van der Waals surface area contributed by atoms with Crippen molar-refractivity contribution in [3.8, 4) is 11.1 Å². The van der Waals surface area contributed by atoms with Crippen LogP contribution in [0.25, 0.3) is 21.9 Å². The van der Waals surface area contributed by atoms with E-state index >= 15 is 0 Å². The number of aliphatic hydroxyl groups is 1. The van der Waals surface area contributed by atoms with E-state index in [0.29, 0.717) is 0 Å². The van der Waals surface area contributed by atoms with Gasteiger partial charge in [-0.15, -0.1) is 0 Å². The molecule has 3 aromatic rings. The summed E-state index contributed by atoms with van der Waals surface area (Å²) in [7, 11) is 0. The van der Waals surface area contributed by atoms with Crippen molar-refractivity contribution >= 4 is 10.8 Å². The topological polar surface area (TPSA) is 20.2 Å². The maximum Gasteiger partial charge on any atom is 0.0687 e. The first-order valence-electron chi connectivity index (χ1n) is 6.61. The predicted octanol–water partition coefficient (Wildman–Crippen LogP) is 3.90. The van der Waals surface area contributed by atoms with Crippen LogP contribution in [0.1, 0.15) is 16.7 Å². The van der Waals surface area contributed by atoms with E-state index in [2.05, 4.69) is 48.5 Å². The zero-order valence-electron chi connectivity index (χ0n) is 10.6. The van der Waals surface area contributed by atoms with Crippen LogP contribution in [-0.4, -0.2) is 5.11 Å². The van der Waals surface area contributed by atoms with Gasteiger partial charge in [-0.05, 0) is 45.0 Å². The SMILES string of the molecule is OCc1ccc2c3c(cccc13)Cc1ccccc1-2. The summed E-state index contributed by atoms with van der Waals surface area (Å²) < 4.78 is 0. The highest BCUT2D eigenvalue weighted by Crippen LogP contribution is 2.40. The minimum atomic E-state index is 0.0991. The second-order valence-electron chi connectivity index (χ2n) is 5.10. The Labute approximate surface area is 112 Å². The van der Waals surface area contributed by atoms with E-state index in [9.17, 15) is 5.11 Å². The summed E-state index contributed by atoms with van der Waals surface area (Å²) in [6, 6.07) is 19.2. The van der Waals surface area contributed by atoms with Gasteiger partial charge < -0.3 is 5.11 Å². The molecule has 0 saturated heterocycles. The number of hydrogen-bond acceptors (Lipinski definition) is 1. The molecule has 0 heterocycles. The van der Waals surface area contributed by atoms with Gasteiger partial charge in [-0.3, -0.25) is 0 Å². The molecule has 1 aliphatic carbocycles. The first-order chi connectivity index (χ1) is 9.38. The van der Waals surface area contributed by atoms with Gasteiger partial charge in [-0.1, -0.05) is 54.6 Å². The van der Waals surface area contributed by atoms with Crippen molar-refractivity contribution < 1.29 is 5.11 Å². The zero-order chi connectivity index (χ0) is 12.8. The molecule has 3 aromatic carbocycles. The van der Waals surface area contributed by atoms with Gasteiger partial charge >= 0.3 is 0 Å². The molecule has 0 amide bonds. The Hall–Kier alpha value is -2.12. The number of hydrogen-bond donors (Lipinski definition) is 1. The lowest BCUT2D eigenvalue weighted by molar-refractivity contribution is 0.283. The standard InChI is InChI=1S/C18H14O/c19-11-14-8-9-17-15-6-2-1-4-12(15)10-13-5-3-7-16(14)18(13)17/h1-9,19H,10-11H2. The summed E-state index contributed by atoms with van der Waals surface area (Å²) in [4.78, 5) is 0. The summed E-state index contributed by atoms with van der Waals surface area (Å²) in [5.41, 5.74) is 6.39. The number of fused-ring (bicyclic) bond motifs is 2. The third-order valence-electron chi connectivity index (χ3n) is 4.08. The minimum absolute atomic E-state index is 0.0991. The van der Waals surface area contributed by atoms with E-state index in [0.717, 1.165) is 12.0 Å². The molecule has 0 spiro atoms. The van der Waals surface area contributed by atoms with Crippen LogP contribution in [0.5, 0.6) is 0 Å². The molecule has 19 heavy (non-hydrogen) atoms. The van der Waals surface area contributed by atoms with E-state index in [1.807, 2.05) is 6.07 Å². The van der Waals surface area contributed by atoms with Crippen LogP contribution < -0.4 is 0 Å². The molecule has 0 aliphatic heterocycles. The molecular weight excluding hydrogens is 232 g/mol. The Balaban J connectivity index is 2.17. The van der Waals surface area contributed by atoms with Crippen LogP contribution in [0, 0.1) is 0 Å². The van der Waals surface area contributed by atoms with Gasteiger partial charge in [0, 0.05) is 0 Å². The molecule has 0 aromatic heterocycles. The summed E-state index contributed by atoms with van der Waals surface area (Å²) in [5, 5.41) is 12.0. The smallest absolute Gasteiger partial charge is 0.0687 e. The largest absolute Gasteiger partial charge is 0.392 e. The zero-order valence-corrected chi connectivity index (χ0v) is 10.6. The quantitative estimate of drug-likeness (QED) is 0.540. The maximum absolute atomic E-state index is 9.50. The van der Waals surface area contributed by atoms with Crippen LogP contribution >= 0.6 is 0 Å². The third-order valence-corrected chi connectivity index (χ3v) is 4.08. The van der Waals surface area contributed by atoms with Crippen LogP contribution in [0.15, 0.2) is 54.6 Å². The fourth-order valence-electron chi connectivity index (χ4n) is 3.19. The fraction of sp³-hybridized carbons (Fsp3) is 0.111. The number of benzene rings is 3. The molecule has 0 radical (unpaired) electrons. The van der Waals surface area contributed by atoms with E-state index in [4.69, 9.17) is 0 Å². The van der Waals surface area contributed by atoms with Crippen LogP contribution in [0.4, 0.5) is 0 Å². The molecule has 4 rings (SSSR count). The van der Waals surface area contributed by atoms with Gasteiger partial charge in [0.2, 0.25) is 0 Å². The lowest BCUT2D eigenvalue weighted by Gasteiger charge is -2.21. The van der Waals surface area contributed by atoms with Gasteiger partial charge in [-0.2, -0.15) is 0 Å². The Morgan fingerprint density at radius 1 is 0.789 bits per heavy atom. The maximum atomic E-state index is 9.50. The van der Waals surface area contributed by atoms with E-state index < -0.39 is 0 Å². The van der Waals surface area contributed by atoms with Gasteiger partial charge in [0.05, 0.1) is 6.61 Å². The molecule has 0 unspecified atom stereocenters. The first-order valence-corrected chi connectivity index (χ1v) is 6.61. The van der Waals surface area contributed by atoms with Crippen molar-refractivity contribution in [1.82, 2.24) is 0 Å². The van der Waals surface area contributed by atoms with E-state index in [1.54, 1.807) is 0 Å². The van der Waals surface area contributed by atoms with Gasteiger partial charge in [0.1, 0.15) is 0 Å². The molecular formula is C18H14O. The summed E-state index contributed by atoms with van der Waals surface area (Å²) in [6.45, 7) is 0.0991. The van der Waals surface area contributed by atoms with Gasteiger partial charge in [-0.25, -0.2) is 0 Å². The average Bonchev–Trinajstić information content (AvgIpc) is 2.48. The lowest BCUT2D eigenvalue weighted by atomic mass is 9.82. The normalized spacial score (nSPS) is 12.5. The third kappa shape index (κ3) is 1.45. The highest BCUT2D eigenvalue weighted by Gasteiger charge is 2.18. The van der Waals surface area contributed by atoms with Crippen LogP contribution in [0.3, 0.4) is 0 Å². The highest BCUT2D eigenvalue weighted by atomic mass is 16.3. The molecule has 92 valence electrons. The van der Waals surface area contributed by atoms with Crippen molar-refractivity contribution in [3.63, 3.8) is 0 Å². The first kappa shape index (κ1) is 10.8. The molecule has 1 aliphatic rings. The number of aliphatic hydroxyl groups excluding tert-OH is 1. The van der Waals surface area contributed by atoms with Gasteiger partial charge in [0.15, 0.2) is 0 Å². The van der Waals surface area contributed by atoms with E-state index in [-0.39, 0.29) is 6.61 Å². The summed E-state index contributed by atoms with van der Waals surface area (Å²) in [5.74, 6) is 0. The second-order valence-corrected chi connectivity index (χ2v) is 5.10. The van der Waals surface area contributed by atoms with Crippen molar-refractivity contribution in [1.29, 1.82) is 0 Å². The average molecular weight is 246 g/mol. The summed E-state index contributed by atoms with van der Waals surface area (Å²) >= 11 is 0. The van der Waals surface area contributed by atoms with Crippen LogP contribution in [-0.2, 0) is 13.0 Å². The molecule has 0 saturated carbocycles. The second kappa shape index (κ2) is 3.94. The molecule has 0 fully saturated rings. The number of rotatable bonds is 1. The Kier molecular flexibility index (Phi) is 2.23. The molecule has 1 N–H and O–H groups in total.